The standard InChI is InChI=1S/C14H26/c1-11(9-13(3,4)5)12(2)10-14(6,7)8/h1-2,9-10H2,3-8H3. The lowest BCUT2D eigenvalue weighted by Gasteiger charge is -2.25. The summed E-state index contributed by atoms with van der Waals surface area (Å²) in [6.45, 7) is 21.7. The number of rotatable bonds is 3. The van der Waals surface area contributed by atoms with Gasteiger partial charge < -0.3 is 0 Å². The minimum absolute atomic E-state index is 0.317. The molecule has 0 heteroatoms. The minimum Gasteiger partial charge on any atom is -0.0956 e. The van der Waals surface area contributed by atoms with Crippen LogP contribution in [-0.2, 0) is 0 Å². The maximum Gasteiger partial charge on any atom is -0.0233 e. The molecular weight excluding hydrogens is 168 g/mol. The Morgan fingerprint density at radius 1 is 0.714 bits per heavy atom. The molecule has 0 aliphatic rings. The Kier molecular flexibility index (Phi) is 4.17. The second kappa shape index (κ2) is 4.33. The van der Waals surface area contributed by atoms with E-state index < -0.39 is 0 Å². The first-order valence-electron chi connectivity index (χ1n) is 5.37. The molecule has 82 valence electrons. The quantitative estimate of drug-likeness (QED) is 0.556. The van der Waals surface area contributed by atoms with Crippen molar-refractivity contribution >= 4 is 0 Å². The van der Waals surface area contributed by atoms with Crippen molar-refractivity contribution in [2.75, 3.05) is 0 Å². The third-order valence-electron chi connectivity index (χ3n) is 1.99. The van der Waals surface area contributed by atoms with Crippen LogP contribution in [0.3, 0.4) is 0 Å². The number of allylic oxidation sites excluding steroid dienone is 2. The molecule has 0 bridgehead atoms. The third kappa shape index (κ3) is 6.94. The topological polar surface area (TPSA) is 0 Å². The molecule has 0 aliphatic carbocycles. The van der Waals surface area contributed by atoms with Gasteiger partial charge in [0, 0.05) is 0 Å². The highest BCUT2D eigenvalue weighted by molar-refractivity contribution is 5.26. The summed E-state index contributed by atoms with van der Waals surface area (Å²) < 4.78 is 0. The van der Waals surface area contributed by atoms with Gasteiger partial charge in [0.2, 0.25) is 0 Å². The van der Waals surface area contributed by atoms with E-state index in [4.69, 9.17) is 0 Å². The average molecular weight is 194 g/mol. The fourth-order valence-corrected chi connectivity index (χ4v) is 1.53. The lowest BCUT2D eigenvalue weighted by molar-refractivity contribution is 0.391. The van der Waals surface area contributed by atoms with Gasteiger partial charge in [-0.25, -0.2) is 0 Å². The van der Waals surface area contributed by atoms with Gasteiger partial charge in [-0.2, -0.15) is 0 Å². The van der Waals surface area contributed by atoms with Crippen LogP contribution in [0.1, 0.15) is 54.4 Å². The molecule has 0 saturated heterocycles. The Labute approximate surface area is 90.1 Å². The van der Waals surface area contributed by atoms with Crippen molar-refractivity contribution in [1.82, 2.24) is 0 Å². The number of hydrogen-bond donors (Lipinski definition) is 0. The van der Waals surface area contributed by atoms with Crippen LogP contribution < -0.4 is 0 Å². The van der Waals surface area contributed by atoms with E-state index in [0.717, 1.165) is 12.8 Å². The predicted octanol–water partition coefficient (Wildman–Crippen LogP) is 4.97. The molecule has 0 aromatic heterocycles. The van der Waals surface area contributed by atoms with Crippen molar-refractivity contribution in [2.45, 2.75) is 54.4 Å². The molecule has 0 rings (SSSR count). The van der Waals surface area contributed by atoms with Crippen LogP contribution in [0.2, 0.25) is 0 Å². The Morgan fingerprint density at radius 2 is 0.929 bits per heavy atom. The Balaban J connectivity index is 4.22. The van der Waals surface area contributed by atoms with Gasteiger partial charge in [0.1, 0.15) is 0 Å². The van der Waals surface area contributed by atoms with Gasteiger partial charge in [-0.05, 0) is 23.7 Å². The van der Waals surface area contributed by atoms with Crippen molar-refractivity contribution < 1.29 is 0 Å². The van der Waals surface area contributed by atoms with E-state index in [1.165, 1.54) is 11.1 Å². The molecule has 0 unspecified atom stereocenters. The summed E-state index contributed by atoms with van der Waals surface area (Å²) in [5.74, 6) is 0. The van der Waals surface area contributed by atoms with E-state index in [0.29, 0.717) is 10.8 Å². The first kappa shape index (κ1) is 13.5. The van der Waals surface area contributed by atoms with Crippen molar-refractivity contribution in [3.8, 4) is 0 Å². The van der Waals surface area contributed by atoms with E-state index >= 15 is 0 Å². The van der Waals surface area contributed by atoms with E-state index in [1.807, 2.05) is 0 Å². The zero-order valence-electron chi connectivity index (χ0n) is 10.8. The maximum absolute atomic E-state index is 4.12. The van der Waals surface area contributed by atoms with Crippen LogP contribution in [0, 0.1) is 10.8 Å². The summed E-state index contributed by atoms with van der Waals surface area (Å²) in [4.78, 5) is 0. The summed E-state index contributed by atoms with van der Waals surface area (Å²) in [6.07, 6.45) is 2.09. The molecule has 0 amide bonds. The first-order chi connectivity index (χ1) is 6.01. The van der Waals surface area contributed by atoms with Crippen molar-refractivity contribution in [1.29, 1.82) is 0 Å². The van der Waals surface area contributed by atoms with Crippen LogP contribution in [0.15, 0.2) is 24.3 Å². The van der Waals surface area contributed by atoms with E-state index in [9.17, 15) is 0 Å². The van der Waals surface area contributed by atoms with Crippen molar-refractivity contribution in [3.63, 3.8) is 0 Å². The number of hydrogen-bond acceptors (Lipinski definition) is 0. The molecule has 0 nitrogen and oxygen atoms in total. The molecular formula is C14H26. The lowest BCUT2D eigenvalue weighted by atomic mass is 9.81. The zero-order chi connectivity index (χ0) is 11.6. The largest absolute Gasteiger partial charge is 0.0956 e. The molecule has 0 saturated carbocycles. The third-order valence-corrected chi connectivity index (χ3v) is 1.99. The molecule has 0 atom stereocenters. The summed E-state index contributed by atoms with van der Waals surface area (Å²) in [7, 11) is 0. The van der Waals surface area contributed by atoms with Gasteiger partial charge in [0.15, 0.2) is 0 Å². The van der Waals surface area contributed by atoms with Gasteiger partial charge in [0.05, 0.1) is 0 Å². The van der Waals surface area contributed by atoms with E-state index in [1.54, 1.807) is 0 Å². The van der Waals surface area contributed by atoms with Gasteiger partial charge in [0.25, 0.3) is 0 Å². The molecule has 0 radical (unpaired) electrons. The van der Waals surface area contributed by atoms with Crippen molar-refractivity contribution in [3.05, 3.63) is 24.3 Å². The van der Waals surface area contributed by atoms with Crippen LogP contribution in [0.5, 0.6) is 0 Å². The predicted molar refractivity (Wildman–Crippen MR) is 66.4 cm³/mol. The van der Waals surface area contributed by atoms with Crippen LogP contribution >= 0.6 is 0 Å². The Morgan fingerprint density at radius 3 is 1.07 bits per heavy atom. The SMILES string of the molecule is C=C(CC(C)(C)C)C(=C)CC(C)(C)C. The van der Waals surface area contributed by atoms with E-state index in [-0.39, 0.29) is 0 Å². The monoisotopic (exact) mass is 194 g/mol. The molecule has 0 fully saturated rings. The molecule has 14 heavy (non-hydrogen) atoms. The Bertz CT molecular complexity index is 191. The van der Waals surface area contributed by atoms with Gasteiger partial charge in [-0.3, -0.25) is 0 Å². The molecule has 0 aliphatic heterocycles. The molecule has 0 aromatic rings. The lowest BCUT2D eigenvalue weighted by Crippen LogP contribution is -2.11. The fourth-order valence-electron chi connectivity index (χ4n) is 1.53. The zero-order valence-corrected chi connectivity index (χ0v) is 10.8. The van der Waals surface area contributed by atoms with Crippen molar-refractivity contribution in [2.24, 2.45) is 10.8 Å². The summed E-state index contributed by atoms with van der Waals surface area (Å²) in [6, 6.07) is 0. The second-order valence-corrected chi connectivity index (χ2v) is 6.68. The van der Waals surface area contributed by atoms with E-state index in [2.05, 4.69) is 54.7 Å². The Hall–Kier alpha value is -0.520. The first-order valence-corrected chi connectivity index (χ1v) is 5.37. The highest BCUT2D eigenvalue weighted by atomic mass is 14.2. The van der Waals surface area contributed by atoms with Gasteiger partial charge in [-0.15, -0.1) is 0 Å². The van der Waals surface area contributed by atoms with Crippen LogP contribution in [0.4, 0.5) is 0 Å². The summed E-state index contributed by atoms with van der Waals surface area (Å²) in [5.41, 5.74) is 3.07. The van der Waals surface area contributed by atoms with Gasteiger partial charge in [-0.1, -0.05) is 65.8 Å². The smallest absolute Gasteiger partial charge is 0.0233 e. The average Bonchev–Trinajstić information content (AvgIpc) is 1.78. The molecule has 0 spiro atoms. The summed E-state index contributed by atoms with van der Waals surface area (Å²) in [5, 5.41) is 0. The minimum atomic E-state index is 0.317. The highest BCUT2D eigenvalue weighted by Crippen LogP contribution is 2.32. The molecule has 0 heterocycles. The van der Waals surface area contributed by atoms with Crippen LogP contribution in [-0.4, -0.2) is 0 Å². The van der Waals surface area contributed by atoms with Crippen LogP contribution in [0.25, 0.3) is 0 Å². The summed E-state index contributed by atoms with van der Waals surface area (Å²) >= 11 is 0. The molecule has 0 aromatic carbocycles. The maximum atomic E-state index is 4.12. The fraction of sp³-hybridized carbons (Fsp3) is 0.714. The molecule has 0 N–H and O–H groups in total. The highest BCUT2D eigenvalue weighted by Gasteiger charge is 2.17. The normalized spacial score (nSPS) is 12.7. The van der Waals surface area contributed by atoms with Gasteiger partial charge >= 0.3 is 0 Å². The second-order valence-electron chi connectivity index (χ2n) is 6.68.